The van der Waals surface area contributed by atoms with Crippen molar-refractivity contribution in [3.8, 4) is 0 Å². The fourth-order valence-electron chi connectivity index (χ4n) is 4.30. The Bertz CT molecular complexity index is 1280. The molecule has 7 nitrogen and oxygen atoms in total. The lowest BCUT2D eigenvalue weighted by Crippen LogP contribution is -2.49. The summed E-state index contributed by atoms with van der Waals surface area (Å²) in [6, 6.07) is 19.6. The van der Waals surface area contributed by atoms with E-state index in [9.17, 15) is 9.59 Å². The van der Waals surface area contributed by atoms with Gasteiger partial charge in [0.2, 0.25) is 5.91 Å². The van der Waals surface area contributed by atoms with E-state index in [-0.39, 0.29) is 18.0 Å². The summed E-state index contributed by atoms with van der Waals surface area (Å²) < 4.78 is 3.81. The first kappa shape index (κ1) is 18.4. The third-order valence-electron chi connectivity index (χ3n) is 5.79. The Morgan fingerprint density at radius 3 is 2.43 bits per heavy atom. The van der Waals surface area contributed by atoms with E-state index in [1.54, 1.807) is 0 Å². The van der Waals surface area contributed by atoms with Crippen LogP contribution in [-0.2, 0) is 11.3 Å². The van der Waals surface area contributed by atoms with Crippen molar-refractivity contribution in [3.05, 3.63) is 76.7 Å². The van der Waals surface area contributed by atoms with E-state index in [0.717, 1.165) is 29.7 Å². The number of carbonyl (C=O) groups is 1. The average molecular weight is 401 g/mol. The Balaban J connectivity index is 1.42. The smallest absolute Gasteiger partial charge is 0.273 e. The second kappa shape index (κ2) is 7.33. The number of anilines is 1. The lowest BCUT2D eigenvalue weighted by molar-refractivity contribution is -0.132. The third kappa shape index (κ3) is 3.12. The van der Waals surface area contributed by atoms with Crippen LogP contribution in [-0.4, -0.2) is 51.2 Å². The summed E-state index contributed by atoms with van der Waals surface area (Å²) in [6.45, 7) is 5.09. The van der Waals surface area contributed by atoms with Gasteiger partial charge in [-0.3, -0.25) is 14.3 Å². The monoisotopic (exact) mass is 401 g/mol. The molecule has 1 saturated heterocycles. The second-order valence-electron chi connectivity index (χ2n) is 7.65. The van der Waals surface area contributed by atoms with E-state index in [4.69, 9.17) is 0 Å². The van der Waals surface area contributed by atoms with Crippen LogP contribution in [0.25, 0.3) is 16.6 Å². The van der Waals surface area contributed by atoms with Gasteiger partial charge in [-0.05, 0) is 31.2 Å². The van der Waals surface area contributed by atoms with E-state index in [0.29, 0.717) is 18.7 Å². The second-order valence-corrected chi connectivity index (χ2v) is 7.65. The molecule has 0 N–H and O–H groups in total. The van der Waals surface area contributed by atoms with Crippen molar-refractivity contribution >= 4 is 28.1 Å². The molecule has 7 heteroatoms. The first-order chi connectivity index (χ1) is 14.6. The van der Waals surface area contributed by atoms with Gasteiger partial charge in [0, 0.05) is 49.0 Å². The molecule has 1 amide bonds. The number of hydrogen-bond acceptors (Lipinski definition) is 4. The molecule has 0 saturated carbocycles. The molecule has 1 fully saturated rings. The van der Waals surface area contributed by atoms with Gasteiger partial charge in [0.05, 0.1) is 5.52 Å². The molecule has 0 spiro atoms. The van der Waals surface area contributed by atoms with Gasteiger partial charge in [0.25, 0.3) is 5.56 Å². The average Bonchev–Trinajstić information content (AvgIpc) is 3.08. The predicted molar refractivity (Wildman–Crippen MR) is 117 cm³/mol. The van der Waals surface area contributed by atoms with Gasteiger partial charge < -0.3 is 9.80 Å². The maximum Gasteiger partial charge on any atom is 0.273 e. The van der Waals surface area contributed by atoms with Crippen molar-refractivity contribution in [3.63, 3.8) is 0 Å². The molecular formula is C23H23N5O2. The summed E-state index contributed by atoms with van der Waals surface area (Å²) in [7, 11) is 0. The minimum absolute atomic E-state index is 0.0727. The standard InChI is InChI=1S/C23H23N5O2/c1-17-15-21(29)24-23-19-9-5-6-10-20(19)27(28(17)23)16-22(30)26-13-11-25(12-14-26)18-7-3-2-4-8-18/h2-10,15H,11-14,16H2,1H3. The summed E-state index contributed by atoms with van der Waals surface area (Å²) >= 11 is 0. The zero-order valence-electron chi connectivity index (χ0n) is 16.9. The molecule has 1 aliphatic heterocycles. The first-order valence-corrected chi connectivity index (χ1v) is 10.2. The molecule has 30 heavy (non-hydrogen) atoms. The number of carbonyl (C=O) groups excluding carboxylic acids is 1. The topological polar surface area (TPSA) is 62.9 Å². The van der Waals surface area contributed by atoms with E-state index in [2.05, 4.69) is 22.0 Å². The summed E-state index contributed by atoms with van der Waals surface area (Å²) in [5.41, 5.74) is 3.19. The Morgan fingerprint density at radius 2 is 1.67 bits per heavy atom. The van der Waals surface area contributed by atoms with Crippen molar-refractivity contribution < 1.29 is 4.79 Å². The number of piperazine rings is 1. The van der Waals surface area contributed by atoms with Gasteiger partial charge in [-0.1, -0.05) is 30.3 Å². The molecule has 4 aromatic rings. The Kier molecular flexibility index (Phi) is 4.50. The van der Waals surface area contributed by atoms with Crippen LogP contribution in [0.4, 0.5) is 5.69 Å². The number of hydrogen-bond donors (Lipinski definition) is 0. The van der Waals surface area contributed by atoms with Gasteiger partial charge in [0.1, 0.15) is 6.54 Å². The number of aromatic nitrogens is 3. The van der Waals surface area contributed by atoms with Crippen LogP contribution in [0.3, 0.4) is 0 Å². The normalized spacial score (nSPS) is 14.6. The lowest BCUT2D eigenvalue weighted by atomic mass is 10.2. The van der Waals surface area contributed by atoms with Crippen molar-refractivity contribution in [2.24, 2.45) is 0 Å². The van der Waals surface area contributed by atoms with E-state index in [1.807, 2.05) is 63.5 Å². The fraction of sp³-hybridized carbons (Fsp3) is 0.261. The Labute approximate surface area is 173 Å². The number of para-hydroxylation sites is 2. The molecular weight excluding hydrogens is 378 g/mol. The predicted octanol–water partition coefficient (Wildman–Crippen LogP) is 2.31. The quantitative estimate of drug-likeness (QED) is 0.529. The van der Waals surface area contributed by atoms with Crippen molar-refractivity contribution in [1.82, 2.24) is 19.1 Å². The molecule has 3 heterocycles. The van der Waals surface area contributed by atoms with Gasteiger partial charge in [0.15, 0.2) is 5.65 Å². The Hall–Kier alpha value is -3.61. The summed E-state index contributed by atoms with van der Waals surface area (Å²) in [6.07, 6.45) is 0. The summed E-state index contributed by atoms with van der Waals surface area (Å²) in [5, 5.41) is 0.875. The molecule has 0 unspecified atom stereocenters. The highest BCUT2D eigenvalue weighted by molar-refractivity contribution is 5.93. The number of rotatable bonds is 3. The highest BCUT2D eigenvalue weighted by Gasteiger charge is 2.23. The van der Waals surface area contributed by atoms with Crippen LogP contribution in [0.1, 0.15) is 5.69 Å². The minimum atomic E-state index is -0.265. The Morgan fingerprint density at radius 1 is 0.967 bits per heavy atom. The maximum atomic E-state index is 13.2. The number of benzene rings is 2. The molecule has 2 aromatic heterocycles. The fourth-order valence-corrected chi connectivity index (χ4v) is 4.30. The first-order valence-electron chi connectivity index (χ1n) is 10.2. The van der Waals surface area contributed by atoms with Crippen LogP contribution in [0.2, 0.25) is 0 Å². The van der Waals surface area contributed by atoms with Gasteiger partial charge >= 0.3 is 0 Å². The summed E-state index contributed by atoms with van der Waals surface area (Å²) in [4.78, 5) is 33.6. The van der Waals surface area contributed by atoms with Crippen LogP contribution in [0.5, 0.6) is 0 Å². The SMILES string of the molecule is Cc1cc(=O)nc2c3ccccc3n(CC(=O)N3CCN(c4ccccc4)CC3)n12. The number of nitrogens with zero attached hydrogens (tertiary/aromatic N) is 5. The highest BCUT2D eigenvalue weighted by Crippen LogP contribution is 2.22. The van der Waals surface area contributed by atoms with E-state index >= 15 is 0 Å². The van der Waals surface area contributed by atoms with Crippen LogP contribution < -0.4 is 10.5 Å². The lowest BCUT2D eigenvalue weighted by Gasteiger charge is -2.36. The van der Waals surface area contributed by atoms with Crippen molar-refractivity contribution in [1.29, 1.82) is 0 Å². The zero-order valence-corrected chi connectivity index (χ0v) is 16.9. The highest BCUT2D eigenvalue weighted by atomic mass is 16.2. The minimum Gasteiger partial charge on any atom is -0.368 e. The zero-order chi connectivity index (χ0) is 20.7. The van der Waals surface area contributed by atoms with Crippen LogP contribution >= 0.6 is 0 Å². The number of aryl methyl sites for hydroxylation is 1. The van der Waals surface area contributed by atoms with Gasteiger partial charge in [-0.25, -0.2) is 4.52 Å². The molecule has 5 rings (SSSR count). The van der Waals surface area contributed by atoms with E-state index < -0.39 is 0 Å². The van der Waals surface area contributed by atoms with Crippen molar-refractivity contribution in [2.45, 2.75) is 13.5 Å². The third-order valence-corrected chi connectivity index (χ3v) is 5.79. The van der Waals surface area contributed by atoms with Gasteiger partial charge in [-0.15, -0.1) is 0 Å². The molecule has 0 radical (unpaired) electrons. The molecule has 0 aliphatic carbocycles. The van der Waals surface area contributed by atoms with Crippen molar-refractivity contribution in [2.75, 3.05) is 31.1 Å². The number of amides is 1. The molecule has 0 atom stereocenters. The van der Waals surface area contributed by atoms with E-state index in [1.165, 1.54) is 11.8 Å². The number of fused-ring (bicyclic) bond motifs is 3. The molecule has 2 aromatic carbocycles. The van der Waals surface area contributed by atoms with Crippen LogP contribution in [0, 0.1) is 6.92 Å². The molecule has 0 bridgehead atoms. The van der Waals surface area contributed by atoms with Crippen LogP contribution in [0.15, 0.2) is 65.5 Å². The maximum absolute atomic E-state index is 13.2. The van der Waals surface area contributed by atoms with Gasteiger partial charge in [-0.2, -0.15) is 4.98 Å². The summed E-state index contributed by atoms with van der Waals surface area (Å²) in [5.74, 6) is 0.0727. The molecule has 1 aliphatic rings. The largest absolute Gasteiger partial charge is 0.368 e. The molecule has 152 valence electrons.